The SMILES string of the molecule is Cn1nc(C(=O)N2CC[C@@]3(C)OC(C)(C)CC[C@H]3C2)ccc1=O. The summed E-state index contributed by atoms with van der Waals surface area (Å²) in [6.45, 7) is 7.80. The minimum Gasteiger partial charge on any atom is -0.369 e. The third kappa shape index (κ3) is 3.04. The first-order chi connectivity index (χ1) is 10.7. The fourth-order valence-corrected chi connectivity index (χ4v) is 3.81. The Morgan fingerprint density at radius 1 is 1.30 bits per heavy atom. The highest BCUT2D eigenvalue weighted by Crippen LogP contribution is 2.44. The van der Waals surface area contributed by atoms with Gasteiger partial charge in [0.25, 0.3) is 11.5 Å². The smallest absolute Gasteiger partial charge is 0.274 e. The lowest BCUT2D eigenvalue weighted by atomic mass is 9.74. The lowest BCUT2D eigenvalue weighted by molar-refractivity contribution is -0.210. The minimum atomic E-state index is -0.212. The molecular formula is C17H25N3O3. The predicted molar refractivity (Wildman–Crippen MR) is 86.3 cm³/mol. The highest BCUT2D eigenvalue weighted by atomic mass is 16.5. The predicted octanol–water partition coefficient (Wildman–Crippen LogP) is 1.59. The van der Waals surface area contributed by atoms with E-state index in [9.17, 15) is 9.59 Å². The van der Waals surface area contributed by atoms with Crippen LogP contribution in [-0.2, 0) is 11.8 Å². The van der Waals surface area contributed by atoms with Crippen molar-refractivity contribution in [2.24, 2.45) is 13.0 Å². The molecule has 23 heavy (non-hydrogen) atoms. The topological polar surface area (TPSA) is 64.4 Å². The van der Waals surface area contributed by atoms with E-state index in [4.69, 9.17) is 4.74 Å². The summed E-state index contributed by atoms with van der Waals surface area (Å²) >= 11 is 0. The molecule has 2 saturated heterocycles. The van der Waals surface area contributed by atoms with Crippen molar-refractivity contribution in [3.8, 4) is 0 Å². The number of nitrogens with zero attached hydrogens (tertiary/aromatic N) is 3. The lowest BCUT2D eigenvalue weighted by Gasteiger charge is -2.53. The van der Waals surface area contributed by atoms with Gasteiger partial charge in [0.15, 0.2) is 0 Å². The quantitative estimate of drug-likeness (QED) is 0.788. The van der Waals surface area contributed by atoms with Gasteiger partial charge in [0, 0.05) is 32.1 Å². The number of carbonyl (C=O) groups excluding carboxylic acids is 1. The molecule has 6 heteroatoms. The first kappa shape index (κ1) is 16.2. The molecule has 0 radical (unpaired) electrons. The molecule has 6 nitrogen and oxygen atoms in total. The number of likely N-dealkylation sites (tertiary alicyclic amines) is 1. The van der Waals surface area contributed by atoms with Gasteiger partial charge in [0.05, 0.1) is 11.2 Å². The molecule has 3 rings (SSSR count). The average Bonchev–Trinajstić information content (AvgIpc) is 2.47. The summed E-state index contributed by atoms with van der Waals surface area (Å²) in [4.78, 5) is 25.9. The van der Waals surface area contributed by atoms with Crippen LogP contribution in [0.5, 0.6) is 0 Å². The number of carbonyl (C=O) groups is 1. The maximum Gasteiger partial charge on any atom is 0.274 e. The van der Waals surface area contributed by atoms with Crippen molar-refractivity contribution in [1.82, 2.24) is 14.7 Å². The fraction of sp³-hybridized carbons (Fsp3) is 0.706. The number of fused-ring (bicyclic) bond motifs is 1. The first-order valence-corrected chi connectivity index (χ1v) is 8.24. The van der Waals surface area contributed by atoms with Crippen molar-refractivity contribution in [3.63, 3.8) is 0 Å². The summed E-state index contributed by atoms with van der Waals surface area (Å²) in [5.74, 6) is 0.244. The summed E-state index contributed by atoms with van der Waals surface area (Å²) in [7, 11) is 1.56. The van der Waals surface area contributed by atoms with Gasteiger partial charge in [-0.15, -0.1) is 0 Å². The van der Waals surface area contributed by atoms with Gasteiger partial charge in [0.2, 0.25) is 0 Å². The number of ether oxygens (including phenoxy) is 1. The van der Waals surface area contributed by atoms with Crippen molar-refractivity contribution in [2.75, 3.05) is 13.1 Å². The van der Waals surface area contributed by atoms with E-state index in [1.54, 1.807) is 7.05 Å². The highest BCUT2D eigenvalue weighted by Gasteiger charge is 2.48. The molecule has 0 bridgehead atoms. The van der Waals surface area contributed by atoms with Crippen LogP contribution in [0.3, 0.4) is 0 Å². The number of amides is 1. The average molecular weight is 319 g/mol. The molecule has 2 aliphatic heterocycles. The zero-order valence-electron chi connectivity index (χ0n) is 14.3. The van der Waals surface area contributed by atoms with Gasteiger partial charge in [-0.3, -0.25) is 9.59 Å². The molecule has 0 aromatic carbocycles. The normalized spacial score (nSPS) is 29.9. The van der Waals surface area contributed by atoms with E-state index >= 15 is 0 Å². The Morgan fingerprint density at radius 2 is 2.04 bits per heavy atom. The second kappa shape index (κ2) is 5.44. The van der Waals surface area contributed by atoms with Crippen LogP contribution >= 0.6 is 0 Å². The first-order valence-electron chi connectivity index (χ1n) is 8.24. The van der Waals surface area contributed by atoms with E-state index in [2.05, 4.69) is 25.9 Å². The summed E-state index contributed by atoms with van der Waals surface area (Å²) < 4.78 is 7.54. The Kier molecular flexibility index (Phi) is 3.83. The van der Waals surface area contributed by atoms with Crippen LogP contribution in [0.4, 0.5) is 0 Å². The van der Waals surface area contributed by atoms with Crippen LogP contribution in [0, 0.1) is 5.92 Å². The van der Waals surface area contributed by atoms with E-state index in [-0.39, 0.29) is 22.7 Å². The molecule has 2 atom stereocenters. The van der Waals surface area contributed by atoms with Crippen LogP contribution in [0.1, 0.15) is 50.5 Å². The van der Waals surface area contributed by atoms with E-state index in [1.807, 2.05) is 4.90 Å². The van der Waals surface area contributed by atoms with E-state index in [0.717, 1.165) is 19.3 Å². The zero-order chi connectivity index (χ0) is 16.8. The Balaban J connectivity index is 1.76. The van der Waals surface area contributed by atoms with Crippen LogP contribution in [0.15, 0.2) is 16.9 Å². The molecule has 1 aromatic rings. The van der Waals surface area contributed by atoms with Gasteiger partial charge in [-0.1, -0.05) is 0 Å². The Labute approximate surface area is 136 Å². The van der Waals surface area contributed by atoms with E-state index in [0.29, 0.717) is 24.7 Å². The maximum absolute atomic E-state index is 12.7. The van der Waals surface area contributed by atoms with Crippen LogP contribution in [0.25, 0.3) is 0 Å². The molecule has 1 amide bonds. The van der Waals surface area contributed by atoms with E-state index < -0.39 is 0 Å². The van der Waals surface area contributed by atoms with Crippen molar-refractivity contribution in [2.45, 2.75) is 51.2 Å². The highest BCUT2D eigenvalue weighted by molar-refractivity contribution is 5.92. The monoisotopic (exact) mass is 319 g/mol. The Bertz CT molecular complexity index is 682. The van der Waals surface area contributed by atoms with E-state index in [1.165, 1.54) is 16.8 Å². The maximum atomic E-state index is 12.7. The Morgan fingerprint density at radius 3 is 2.74 bits per heavy atom. The fourth-order valence-electron chi connectivity index (χ4n) is 3.81. The lowest BCUT2D eigenvalue weighted by Crippen LogP contribution is -2.58. The molecule has 0 spiro atoms. The summed E-state index contributed by atoms with van der Waals surface area (Å²) in [6.07, 6.45) is 2.90. The van der Waals surface area contributed by atoms with Gasteiger partial charge in [-0.05, 0) is 46.1 Å². The number of aryl methyl sites for hydroxylation is 1. The van der Waals surface area contributed by atoms with Gasteiger partial charge >= 0.3 is 0 Å². The number of rotatable bonds is 1. The van der Waals surface area contributed by atoms with Gasteiger partial charge in [-0.25, -0.2) is 4.68 Å². The number of aromatic nitrogens is 2. The van der Waals surface area contributed by atoms with Crippen molar-refractivity contribution >= 4 is 5.91 Å². The molecule has 0 unspecified atom stereocenters. The molecular weight excluding hydrogens is 294 g/mol. The molecule has 126 valence electrons. The number of hydrogen-bond donors (Lipinski definition) is 0. The standard InChI is InChI=1S/C17H25N3O3/c1-16(2)8-7-12-11-20(10-9-17(12,3)23-16)15(22)13-5-6-14(21)19(4)18-13/h5-6,12H,7-11H2,1-4H3/t12-,17+/m0/s1. The molecule has 2 aliphatic rings. The number of piperidine rings is 1. The number of hydrogen-bond acceptors (Lipinski definition) is 4. The minimum absolute atomic E-state index is 0.0866. The van der Waals surface area contributed by atoms with Gasteiger partial charge < -0.3 is 9.64 Å². The second-order valence-corrected chi connectivity index (χ2v) is 7.59. The molecule has 3 heterocycles. The molecule has 0 N–H and O–H groups in total. The zero-order valence-corrected chi connectivity index (χ0v) is 14.3. The summed E-state index contributed by atoms with van der Waals surface area (Å²) in [6, 6.07) is 2.90. The molecule has 0 saturated carbocycles. The van der Waals surface area contributed by atoms with Gasteiger partial charge in [-0.2, -0.15) is 5.10 Å². The van der Waals surface area contributed by atoms with Crippen molar-refractivity contribution < 1.29 is 9.53 Å². The Hall–Kier alpha value is -1.69. The van der Waals surface area contributed by atoms with Crippen LogP contribution < -0.4 is 5.56 Å². The third-order valence-electron chi connectivity index (χ3n) is 5.25. The third-order valence-corrected chi connectivity index (χ3v) is 5.25. The largest absolute Gasteiger partial charge is 0.369 e. The van der Waals surface area contributed by atoms with Crippen molar-refractivity contribution in [3.05, 3.63) is 28.2 Å². The van der Waals surface area contributed by atoms with Gasteiger partial charge in [0.1, 0.15) is 5.69 Å². The molecule has 2 fully saturated rings. The van der Waals surface area contributed by atoms with Crippen LogP contribution in [0.2, 0.25) is 0 Å². The summed E-state index contributed by atoms with van der Waals surface area (Å²) in [5.41, 5.74) is -0.130. The van der Waals surface area contributed by atoms with Crippen LogP contribution in [-0.4, -0.2) is 44.9 Å². The molecule has 0 aliphatic carbocycles. The molecule has 1 aromatic heterocycles. The summed E-state index contributed by atoms with van der Waals surface area (Å²) in [5, 5.41) is 4.07. The second-order valence-electron chi connectivity index (χ2n) is 7.59. The van der Waals surface area contributed by atoms with Crippen molar-refractivity contribution in [1.29, 1.82) is 0 Å².